The molecule has 0 saturated carbocycles. The Morgan fingerprint density at radius 2 is 1.96 bits per heavy atom. The van der Waals surface area contributed by atoms with Crippen LogP contribution in [0.15, 0.2) is 42.6 Å². The standard InChI is InChI=1S/C22H25N5/c1-3-4-7-12-27(22-25-14-18(13-23)21(24)26-22)15-20-16(2)10-11-17-8-5-6-9-19(17)20/h5-6,8-11,14H,3-4,7,12,15H2,1-2H3,(H2,24,25,26). The van der Waals surface area contributed by atoms with Crippen molar-refractivity contribution in [2.45, 2.75) is 39.7 Å². The zero-order valence-corrected chi connectivity index (χ0v) is 15.9. The van der Waals surface area contributed by atoms with E-state index in [1.54, 1.807) is 0 Å². The third-order valence-electron chi connectivity index (χ3n) is 4.86. The van der Waals surface area contributed by atoms with Gasteiger partial charge in [0.25, 0.3) is 0 Å². The van der Waals surface area contributed by atoms with Gasteiger partial charge >= 0.3 is 0 Å². The highest BCUT2D eigenvalue weighted by atomic mass is 15.3. The number of fused-ring (bicyclic) bond motifs is 1. The molecule has 0 aliphatic heterocycles. The number of nitrogens with two attached hydrogens (primary N) is 1. The first-order valence-electron chi connectivity index (χ1n) is 9.38. The lowest BCUT2D eigenvalue weighted by Gasteiger charge is -2.25. The van der Waals surface area contributed by atoms with E-state index in [9.17, 15) is 0 Å². The van der Waals surface area contributed by atoms with Gasteiger partial charge in [0.2, 0.25) is 5.95 Å². The molecular formula is C22H25N5. The number of nitrogen functional groups attached to an aromatic ring is 1. The summed E-state index contributed by atoms with van der Waals surface area (Å²) in [6.45, 7) is 5.89. The third kappa shape index (κ3) is 4.17. The maximum Gasteiger partial charge on any atom is 0.227 e. The minimum Gasteiger partial charge on any atom is -0.382 e. The first-order valence-corrected chi connectivity index (χ1v) is 9.38. The van der Waals surface area contributed by atoms with Crippen molar-refractivity contribution < 1.29 is 0 Å². The number of hydrogen-bond acceptors (Lipinski definition) is 5. The largest absolute Gasteiger partial charge is 0.382 e. The second-order valence-electron chi connectivity index (χ2n) is 6.79. The van der Waals surface area contributed by atoms with E-state index >= 15 is 0 Å². The van der Waals surface area contributed by atoms with Gasteiger partial charge in [-0.2, -0.15) is 10.2 Å². The van der Waals surface area contributed by atoms with Crippen LogP contribution in [0, 0.1) is 18.3 Å². The summed E-state index contributed by atoms with van der Waals surface area (Å²) in [7, 11) is 0. The minimum absolute atomic E-state index is 0.234. The topological polar surface area (TPSA) is 78.8 Å². The fourth-order valence-electron chi connectivity index (χ4n) is 3.27. The molecule has 0 bridgehead atoms. The van der Waals surface area contributed by atoms with Crippen molar-refractivity contribution in [1.82, 2.24) is 9.97 Å². The van der Waals surface area contributed by atoms with Gasteiger partial charge in [-0.1, -0.05) is 56.2 Å². The van der Waals surface area contributed by atoms with E-state index < -0.39 is 0 Å². The third-order valence-corrected chi connectivity index (χ3v) is 4.86. The number of aryl methyl sites for hydroxylation is 1. The summed E-state index contributed by atoms with van der Waals surface area (Å²) in [6.07, 6.45) is 4.87. The fourth-order valence-corrected chi connectivity index (χ4v) is 3.27. The lowest BCUT2D eigenvalue weighted by molar-refractivity contribution is 0.663. The van der Waals surface area contributed by atoms with Crippen LogP contribution in [0.5, 0.6) is 0 Å². The molecule has 0 fully saturated rings. The van der Waals surface area contributed by atoms with Gasteiger partial charge in [-0.15, -0.1) is 0 Å². The first-order chi connectivity index (χ1) is 13.1. The van der Waals surface area contributed by atoms with Gasteiger partial charge in [0, 0.05) is 13.1 Å². The second-order valence-corrected chi connectivity index (χ2v) is 6.79. The van der Waals surface area contributed by atoms with E-state index in [2.05, 4.69) is 65.1 Å². The number of unbranched alkanes of at least 4 members (excludes halogenated alkanes) is 2. The average Bonchev–Trinajstić information content (AvgIpc) is 2.69. The fraction of sp³-hybridized carbons (Fsp3) is 0.318. The van der Waals surface area contributed by atoms with Crippen LogP contribution in [0.2, 0.25) is 0 Å². The Hall–Kier alpha value is -3.13. The molecule has 0 amide bonds. The molecule has 1 aromatic heterocycles. The smallest absolute Gasteiger partial charge is 0.227 e. The molecule has 5 nitrogen and oxygen atoms in total. The summed E-state index contributed by atoms with van der Waals surface area (Å²) in [5, 5.41) is 11.6. The molecule has 0 atom stereocenters. The van der Waals surface area contributed by atoms with Gasteiger partial charge in [-0.05, 0) is 35.2 Å². The molecule has 0 radical (unpaired) electrons. The summed E-state index contributed by atoms with van der Waals surface area (Å²) in [6, 6.07) is 14.8. The lowest BCUT2D eigenvalue weighted by Crippen LogP contribution is -2.27. The second kappa shape index (κ2) is 8.50. The Kier molecular flexibility index (Phi) is 5.87. The van der Waals surface area contributed by atoms with Crippen LogP contribution in [-0.4, -0.2) is 16.5 Å². The van der Waals surface area contributed by atoms with Crippen LogP contribution in [-0.2, 0) is 6.54 Å². The lowest BCUT2D eigenvalue weighted by atomic mass is 9.99. The molecule has 0 aliphatic rings. The quantitative estimate of drug-likeness (QED) is 0.624. The molecule has 0 aliphatic carbocycles. The summed E-state index contributed by atoms with van der Waals surface area (Å²) in [4.78, 5) is 11.0. The van der Waals surface area contributed by atoms with Crippen LogP contribution in [0.4, 0.5) is 11.8 Å². The van der Waals surface area contributed by atoms with Crippen molar-refractivity contribution in [3.8, 4) is 6.07 Å². The molecule has 0 unspecified atom stereocenters. The van der Waals surface area contributed by atoms with Gasteiger partial charge < -0.3 is 10.6 Å². The summed E-state index contributed by atoms with van der Waals surface area (Å²) in [5.74, 6) is 0.813. The Bertz CT molecular complexity index is 974. The van der Waals surface area contributed by atoms with E-state index in [1.165, 1.54) is 28.1 Å². The van der Waals surface area contributed by atoms with E-state index in [1.807, 2.05) is 6.07 Å². The van der Waals surface area contributed by atoms with Crippen molar-refractivity contribution in [2.75, 3.05) is 17.2 Å². The van der Waals surface area contributed by atoms with Crippen LogP contribution in [0.1, 0.15) is 42.9 Å². The molecule has 5 heteroatoms. The SMILES string of the molecule is CCCCCN(Cc1c(C)ccc2ccccc12)c1ncc(C#N)c(N)n1. The van der Waals surface area contributed by atoms with Crippen molar-refractivity contribution in [3.63, 3.8) is 0 Å². The molecule has 138 valence electrons. The molecule has 1 heterocycles. The number of aromatic nitrogens is 2. The summed E-state index contributed by atoms with van der Waals surface area (Å²) >= 11 is 0. The highest BCUT2D eigenvalue weighted by Gasteiger charge is 2.15. The Labute approximate surface area is 160 Å². The highest BCUT2D eigenvalue weighted by Crippen LogP contribution is 2.25. The zero-order valence-electron chi connectivity index (χ0n) is 15.9. The van der Waals surface area contributed by atoms with Crippen LogP contribution in [0.25, 0.3) is 10.8 Å². The summed E-state index contributed by atoms with van der Waals surface area (Å²) < 4.78 is 0. The van der Waals surface area contributed by atoms with Gasteiger partial charge in [0.05, 0.1) is 6.20 Å². The van der Waals surface area contributed by atoms with Gasteiger partial charge in [0.1, 0.15) is 17.5 Å². The average molecular weight is 359 g/mol. The molecule has 2 aromatic carbocycles. The Morgan fingerprint density at radius 1 is 1.15 bits per heavy atom. The summed E-state index contributed by atoms with van der Waals surface area (Å²) in [5.41, 5.74) is 8.77. The molecular weight excluding hydrogens is 334 g/mol. The first kappa shape index (κ1) is 18.7. The molecule has 2 N–H and O–H groups in total. The normalized spacial score (nSPS) is 10.7. The Morgan fingerprint density at radius 3 is 2.70 bits per heavy atom. The van der Waals surface area contributed by atoms with Gasteiger partial charge in [-0.25, -0.2) is 4.98 Å². The molecule has 0 saturated heterocycles. The number of nitrogens with zero attached hydrogens (tertiary/aromatic N) is 4. The van der Waals surface area contributed by atoms with E-state index in [0.717, 1.165) is 25.8 Å². The van der Waals surface area contributed by atoms with Crippen molar-refractivity contribution >= 4 is 22.5 Å². The van der Waals surface area contributed by atoms with Crippen molar-refractivity contribution in [1.29, 1.82) is 5.26 Å². The molecule has 3 aromatic rings. The van der Waals surface area contributed by atoms with Crippen molar-refractivity contribution in [3.05, 3.63) is 59.3 Å². The van der Waals surface area contributed by atoms with Crippen LogP contribution in [0.3, 0.4) is 0 Å². The van der Waals surface area contributed by atoms with Crippen molar-refractivity contribution in [2.24, 2.45) is 0 Å². The number of nitriles is 1. The number of hydrogen-bond donors (Lipinski definition) is 1. The number of benzene rings is 2. The van der Waals surface area contributed by atoms with Gasteiger partial charge in [0.15, 0.2) is 0 Å². The highest BCUT2D eigenvalue weighted by molar-refractivity contribution is 5.87. The maximum atomic E-state index is 9.09. The Balaban J connectivity index is 1.98. The van der Waals surface area contributed by atoms with Crippen LogP contribution >= 0.6 is 0 Å². The van der Waals surface area contributed by atoms with E-state index in [0.29, 0.717) is 18.1 Å². The molecule has 0 spiro atoms. The minimum atomic E-state index is 0.234. The maximum absolute atomic E-state index is 9.09. The molecule has 27 heavy (non-hydrogen) atoms. The van der Waals surface area contributed by atoms with E-state index in [-0.39, 0.29) is 5.82 Å². The molecule has 3 rings (SSSR count). The number of anilines is 2. The predicted molar refractivity (Wildman–Crippen MR) is 110 cm³/mol. The number of rotatable bonds is 7. The van der Waals surface area contributed by atoms with E-state index in [4.69, 9.17) is 11.0 Å². The van der Waals surface area contributed by atoms with Gasteiger partial charge in [-0.3, -0.25) is 0 Å². The van der Waals surface area contributed by atoms with Crippen LogP contribution < -0.4 is 10.6 Å². The predicted octanol–water partition coefficient (Wildman–Crippen LogP) is 4.59. The zero-order chi connectivity index (χ0) is 19.2. The monoisotopic (exact) mass is 359 g/mol.